The van der Waals surface area contributed by atoms with Gasteiger partial charge >= 0.3 is 0 Å². The monoisotopic (exact) mass is 439 g/mol. The van der Waals surface area contributed by atoms with Crippen LogP contribution in [0.4, 0.5) is 0 Å². The average Bonchev–Trinajstić information content (AvgIpc) is 3.47. The molecule has 3 aromatic rings. The minimum absolute atomic E-state index is 0.0645. The molecule has 0 aliphatic carbocycles. The second kappa shape index (κ2) is 10.3. The van der Waals surface area contributed by atoms with Gasteiger partial charge in [0.25, 0.3) is 0 Å². The van der Waals surface area contributed by atoms with E-state index in [1.165, 1.54) is 0 Å². The number of hydrogen-bond acceptors (Lipinski definition) is 7. The number of carbonyl (C=O) groups excluding carboxylic acids is 2. The Morgan fingerprint density at radius 1 is 1.06 bits per heavy atom. The standard InChI is InChI=1S/C22H25N5O3S/c28-19(15-17-5-2-1-3-6-17)23-9-8-21(29)27-12-10-26(11-13-27)16-20-24-22(25-30-20)18-7-4-14-31-18/h1-7,14H,8-13,15-16H2,(H,23,28). The fraction of sp³-hybridized carbons (Fsp3) is 0.364. The van der Waals surface area contributed by atoms with Crippen molar-refractivity contribution in [1.29, 1.82) is 0 Å². The molecule has 1 saturated heterocycles. The van der Waals surface area contributed by atoms with Crippen LogP contribution in [0.25, 0.3) is 10.7 Å². The smallest absolute Gasteiger partial charge is 0.241 e. The average molecular weight is 440 g/mol. The van der Waals surface area contributed by atoms with Gasteiger partial charge in [0.1, 0.15) is 0 Å². The summed E-state index contributed by atoms with van der Waals surface area (Å²) in [6, 6.07) is 13.5. The molecule has 8 nitrogen and oxygen atoms in total. The zero-order chi connectivity index (χ0) is 21.5. The number of thiophene rings is 1. The lowest BCUT2D eigenvalue weighted by atomic mass is 10.1. The lowest BCUT2D eigenvalue weighted by Crippen LogP contribution is -2.48. The van der Waals surface area contributed by atoms with Gasteiger partial charge in [0, 0.05) is 39.1 Å². The van der Waals surface area contributed by atoms with Gasteiger partial charge in [0.15, 0.2) is 0 Å². The number of carbonyl (C=O) groups is 2. The number of rotatable bonds is 8. The predicted octanol–water partition coefficient (Wildman–Crippen LogP) is 2.19. The van der Waals surface area contributed by atoms with Crippen LogP contribution < -0.4 is 5.32 Å². The van der Waals surface area contributed by atoms with Gasteiger partial charge in [-0.1, -0.05) is 41.6 Å². The fourth-order valence-corrected chi connectivity index (χ4v) is 4.13. The van der Waals surface area contributed by atoms with Crippen molar-refractivity contribution in [2.24, 2.45) is 0 Å². The molecule has 2 amide bonds. The molecule has 1 N–H and O–H groups in total. The highest BCUT2D eigenvalue weighted by atomic mass is 32.1. The molecule has 0 atom stereocenters. The molecule has 9 heteroatoms. The Kier molecular flexibility index (Phi) is 7.06. The number of piperazine rings is 1. The Morgan fingerprint density at radius 2 is 1.87 bits per heavy atom. The van der Waals surface area contributed by atoms with Gasteiger partial charge in [-0.2, -0.15) is 4.98 Å². The van der Waals surface area contributed by atoms with Crippen LogP contribution in [0.5, 0.6) is 0 Å². The van der Waals surface area contributed by atoms with Crippen molar-refractivity contribution in [2.45, 2.75) is 19.4 Å². The highest BCUT2D eigenvalue weighted by molar-refractivity contribution is 7.13. The summed E-state index contributed by atoms with van der Waals surface area (Å²) in [7, 11) is 0. The van der Waals surface area contributed by atoms with Crippen molar-refractivity contribution >= 4 is 23.2 Å². The predicted molar refractivity (Wildman–Crippen MR) is 117 cm³/mol. The van der Waals surface area contributed by atoms with Gasteiger partial charge < -0.3 is 14.7 Å². The maximum absolute atomic E-state index is 12.5. The van der Waals surface area contributed by atoms with E-state index < -0.39 is 0 Å². The minimum Gasteiger partial charge on any atom is -0.355 e. The number of aromatic nitrogens is 2. The van der Waals surface area contributed by atoms with Gasteiger partial charge in [-0.3, -0.25) is 14.5 Å². The fourth-order valence-electron chi connectivity index (χ4n) is 3.48. The Bertz CT molecular complexity index is 982. The van der Waals surface area contributed by atoms with E-state index in [-0.39, 0.29) is 11.8 Å². The zero-order valence-corrected chi connectivity index (χ0v) is 18.0. The Balaban J connectivity index is 1.15. The zero-order valence-electron chi connectivity index (χ0n) is 17.2. The van der Waals surface area contributed by atoms with Crippen LogP contribution in [0.15, 0.2) is 52.4 Å². The van der Waals surface area contributed by atoms with Gasteiger partial charge in [-0.15, -0.1) is 11.3 Å². The van der Waals surface area contributed by atoms with Crippen molar-refractivity contribution in [1.82, 2.24) is 25.3 Å². The lowest BCUT2D eigenvalue weighted by molar-refractivity contribution is -0.133. The number of nitrogens with zero attached hydrogens (tertiary/aromatic N) is 4. The van der Waals surface area contributed by atoms with Crippen LogP contribution in [0.3, 0.4) is 0 Å². The van der Waals surface area contributed by atoms with Crippen LogP contribution in [0.1, 0.15) is 17.9 Å². The highest BCUT2D eigenvalue weighted by Gasteiger charge is 2.22. The van der Waals surface area contributed by atoms with E-state index in [0.717, 1.165) is 23.5 Å². The molecule has 1 fully saturated rings. The quantitative estimate of drug-likeness (QED) is 0.579. The normalized spacial score (nSPS) is 14.5. The van der Waals surface area contributed by atoms with Gasteiger partial charge in [-0.05, 0) is 17.0 Å². The molecule has 0 spiro atoms. The van der Waals surface area contributed by atoms with Crippen molar-refractivity contribution in [3.05, 3.63) is 59.3 Å². The summed E-state index contributed by atoms with van der Waals surface area (Å²) in [5.41, 5.74) is 0.964. The van der Waals surface area contributed by atoms with E-state index in [0.29, 0.717) is 50.7 Å². The van der Waals surface area contributed by atoms with Crippen molar-refractivity contribution < 1.29 is 14.1 Å². The lowest BCUT2D eigenvalue weighted by Gasteiger charge is -2.34. The van der Waals surface area contributed by atoms with E-state index in [1.54, 1.807) is 11.3 Å². The van der Waals surface area contributed by atoms with E-state index >= 15 is 0 Å². The number of hydrogen-bond donors (Lipinski definition) is 1. The summed E-state index contributed by atoms with van der Waals surface area (Å²) in [6.45, 7) is 3.76. The first-order chi connectivity index (χ1) is 15.2. The molecule has 1 aliphatic rings. The third-order valence-electron chi connectivity index (χ3n) is 5.16. The molecule has 0 unspecified atom stereocenters. The van der Waals surface area contributed by atoms with Crippen LogP contribution in [0, 0.1) is 0 Å². The second-order valence-electron chi connectivity index (χ2n) is 7.41. The van der Waals surface area contributed by atoms with E-state index in [9.17, 15) is 9.59 Å². The van der Waals surface area contributed by atoms with Crippen LogP contribution in [-0.2, 0) is 22.6 Å². The topological polar surface area (TPSA) is 91.6 Å². The molecule has 3 heterocycles. The molecular formula is C22H25N5O3S. The molecular weight excluding hydrogens is 414 g/mol. The first-order valence-corrected chi connectivity index (χ1v) is 11.2. The van der Waals surface area contributed by atoms with E-state index in [2.05, 4.69) is 20.4 Å². The van der Waals surface area contributed by atoms with E-state index in [4.69, 9.17) is 4.52 Å². The Morgan fingerprint density at radius 3 is 2.61 bits per heavy atom. The van der Waals surface area contributed by atoms with Crippen LogP contribution >= 0.6 is 11.3 Å². The Hall–Kier alpha value is -3.04. The Labute approximate surface area is 184 Å². The van der Waals surface area contributed by atoms with Gasteiger partial charge in [0.2, 0.25) is 23.5 Å². The summed E-state index contributed by atoms with van der Waals surface area (Å²) in [4.78, 5) is 34.0. The summed E-state index contributed by atoms with van der Waals surface area (Å²) in [5, 5.41) is 8.86. The third-order valence-corrected chi connectivity index (χ3v) is 6.03. The van der Waals surface area contributed by atoms with Crippen molar-refractivity contribution in [3.8, 4) is 10.7 Å². The maximum atomic E-state index is 12.5. The molecule has 1 aliphatic heterocycles. The minimum atomic E-state index is -0.0645. The molecule has 0 radical (unpaired) electrons. The molecule has 31 heavy (non-hydrogen) atoms. The van der Waals surface area contributed by atoms with Crippen molar-refractivity contribution in [3.63, 3.8) is 0 Å². The molecule has 4 rings (SSSR count). The van der Waals surface area contributed by atoms with Crippen molar-refractivity contribution in [2.75, 3.05) is 32.7 Å². The van der Waals surface area contributed by atoms with Crippen LogP contribution in [0.2, 0.25) is 0 Å². The highest BCUT2D eigenvalue weighted by Crippen LogP contribution is 2.21. The van der Waals surface area contributed by atoms with Gasteiger partial charge in [-0.25, -0.2) is 0 Å². The summed E-state index contributed by atoms with van der Waals surface area (Å²) in [5.74, 6) is 1.21. The maximum Gasteiger partial charge on any atom is 0.241 e. The molecule has 162 valence electrons. The second-order valence-corrected chi connectivity index (χ2v) is 8.36. The van der Waals surface area contributed by atoms with E-state index in [1.807, 2.05) is 52.7 Å². The molecule has 2 aromatic heterocycles. The largest absolute Gasteiger partial charge is 0.355 e. The molecule has 0 saturated carbocycles. The number of benzene rings is 1. The SMILES string of the molecule is O=C(Cc1ccccc1)NCCC(=O)N1CCN(Cc2nc(-c3cccs3)no2)CC1. The number of amides is 2. The summed E-state index contributed by atoms with van der Waals surface area (Å²) < 4.78 is 5.37. The van der Waals surface area contributed by atoms with Gasteiger partial charge in [0.05, 0.1) is 17.8 Å². The molecule has 1 aromatic carbocycles. The number of nitrogens with one attached hydrogen (secondary N) is 1. The summed E-state index contributed by atoms with van der Waals surface area (Å²) >= 11 is 1.58. The first-order valence-electron chi connectivity index (χ1n) is 10.3. The molecule has 0 bridgehead atoms. The van der Waals surface area contributed by atoms with Crippen LogP contribution in [-0.4, -0.2) is 64.5 Å². The summed E-state index contributed by atoms with van der Waals surface area (Å²) in [6.07, 6.45) is 0.645. The first kappa shape index (κ1) is 21.2. The third kappa shape index (κ3) is 5.99.